The number of aryl methyl sites for hydroxylation is 2. The van der Waals surface area contributed by atoms with Crippen LogP contribution < -0.4 is 15.5 Å². The fourth-order valence-corrected chi connectivity index (χ4v) is 2.94. The Hall–Kier alpha value is -2.47. The number of nitrogens with one attached hydrogen (secondary N) is 2. The molecule has 26 heavy (non-hydrogen) atoms. The van der Waals surface area contributed by atoms with Crippen LogP contribution in [0.1, 0.15) is 11.1 Å². The number of hydrogen-bond acceptors (Lipinski definition) is 4. The van der Waals surface area contributed by atoms with Gasteiger partial charge >= 0.3 is 0 Å². The minimum absolute atomic E-state index is 0.112. The second kappa shape index (κ2) is 9.29. The van der Waals surface area contributed by atoms with E-state index in [2.05, 4.69) is 10.6 Å². The number of hydrogen-bond donors (Lipinski definition) is 2. The third-order valence-corrected chi connectivity index (χ3v) is 4.73. The molecule has 0 aliphatic carbocycles. The van der Waals surface area contributed by atoms with E-state index in [9.17, 15) is 9.59 Å². The molecule has 2 amide bonds. The fourth-order valence-electron chi connectivity index (χ4n) is 2.32. The highest BCUT2D eigenvalue weighted by Gasteiger charge is 2.08. The number of carbonyl (C=O) groups is 2. The molecule has 0 atom stereocenters. The predicted molar refractivity (Wildman–Crippen MR) is 111 cm³/mol. The molecule has 0 aromatic heterocycles. The third-order valence-electron chi connectivity index (χ3n) is 3.80. The summed E-state index contributed by atoms with van der Waals surface area (Å²) in [5.41, 5.74) is 4.80. The monoisotopic (exact) mass is 371 g/mol. The van der Waals surface area contributed by atoms with Crippen LogP contribution in [-0.4, -0.2) is 37.4 Å². The van der Waals surface area contributed by atoms with E-state index in [4.69, 9.17) is 0 Å². The Morgan fingerprint density at radius 1 is 0.923 bits per heavy atom. The van der Waals surface area contributed by atoms with E-state index in [1.54, 1.807) is 0 Å². The minimum atomic E-state index is -0.113. The van der Waals surface area contributed by atoms with Gasteiger partial charge in [0.15, 0.2) is 0 Å². The van der Waals surface area contributed by atoms with Crippen LogP contribution in [0.4, 0.5) is 17.1 Å². The summed E-state index contributed by atoms with van der Waals surface area (Å²) in [4.78, 5) is 26.0. The Kier molecular flexibility index (Phi) is 7.09. The van der Waals surface area contributed by atoms with Gasteiger partial charge < -0.3 is 15.5 Å². The van der Waals surface area contributed by atoms with Crippen LogP contribution in [0.2, 0.25) is 0 Å². The second-order valence-corrected chi connectivity index (χ2v) is 7.33. The average molecular weight is 372 g/mol. The summed E-state index contributed by atoms with van der Waals surface area (Å²) in [6, 6.07) is 13.5. The maximum Gasteiger partial charge on any atom is 0.234 e. The van der Waals surface area contributed by atoms with Crippen molar-refractivity contribution in [2.24, 2.45) is 0 Å². The maximum atomic E-state index is 12.1. The lowest BCUT2D eigenvalue weighted by Gasteiger charge is -2.15. The normalized spacial score (nSPS) is 10.3. The zero-order chi connectivity index (χ0) is 19.1. The van der Waals surface area contributed by atoms with Gasteiger partial charge in [-0.05, 0) is 49.7 Å². The lowest BCUT2D eigenvalue weighted by atomic mass is 10.1. The molecule has 0 radical (unpaired) electrons. The molecular formula is C20H25N3O2S. The van der Waals surface area contributed by atoms with E-state index in [1.165, 1.54) is 11.8 Å². The molecule has 0 aliphatic rings. The number of anilines is 3. The zero-order valence-corrected chi connectivity index (χ0v) is 16.4. The standard InChI is InChI=1S/C20H25N3O2S/c1-14-5-7-16(8-6-14)21-19(24)12-26-13-20(25)22-18-10-9-17(23(3)4)11-15(18)2/h5-11H,12-13H2,1-4H3,(H,21,24)(H,22,25). The molecule has 0 heterocycles. The number of rotatable bonds is 7. The summed E-state index contributed by atoms with van der Waals surface area (Å²) in [5.74, 6) is 0.243. The maximum absolute atomic E-state index is 12.1. The van der Waals surface area contributed by atoms with Crippen LogP contribution in [0.3, 0.4) is 0 Å². The van der Waals surface area contributed by atoms with E-state index in [0.717, 1.165) is 28.2 Å². The first-order valence-electron chi connectivity index (χ1n) is 8.37. The van der Waals surface area contributed by atoms with E-state index in [1.807, 2.05) is 75.3 Å². The van der Waals surface area contributed by atoms with Crippen molar-refractivity contribution in [3.8, 4) is 0 Å². The lowest BCUT2D eigenvalue weighted by Crippen LogP contribution is -2.19. The van der Waals surface area contributed by atoms with Crippen molar-refractivity contribution >= 4 is 40.6 Å². The highest BCUT2D eigenvalue weighted by Crippen LogP contribution is 2.21. The molecule has 2 rings (SSSR count). The quantitative estimate of drug-likeness (QED) is 0.779. The molecule has 2 N–H and O–H groups in total. The first kappa shape index (κ1) is 19.8. The largest absolute Gasteiger partial charge is 0.378 e. The van der Waals surface area contributed by atoms with Crippen molar-refractivity contribution in [1.82, 2.24) is 0 Å². The molecule has 5 nitrogen and oxygen atoms in total. The molecule has 0 unspecified atom stereocenters. The van der Waals surface area contributed by atoms with Crippen LogP contribution in [0.5, 0.6) is 0 Å². The van der Waals surface area contributed by atoms with Gasteiger partial charge in [0, 0.05) is 31.2 Å². The number of carbonyl (C=O) groups excluding carboxylic acids is 2. The zero-order valence-electron chi connectivity index (χ0n) is 15.6. The Morgan fingerprint density at radius 2 is 1.54 bits per heavy atom. The summed E-state index contributed by atoms with van der Waals surface area (Å²) in [6.07, 6.45) is 0. The molecule has 0 saturated carbocycles. The van der Waals surface area contributed by atoms with E-state index in [-0.39, 0.29) is 23.3 Å². The van der Waals surface area contributed by atoms with Crippen LogP contribution in [0.15, 0.2) is 42.5 Å². The SMILES string of the molecule is Cc1ccc(NC(=O)CSCC(=O)Nc2ccc(N(C)C)cc2C)cc1. The van der Waals surface area contributed by atoms with Gasteiger partial charge in [0.05, 0.1) is 11.5 Å². The van der Waals surface area contributed by atoms with Crippen molar-refractivity contribution in [2.45, 2.75) is 13.8 Å². The smallest absolute Gasteiger partial charge is 0.234 e. The molecule has 6 heteroatoms. The van der Waals surface area contributed by atoms with E-state index in [0.29, 0.717) is 0 Å². The third kappa shape index (κ3) is 6.11. The summed E-state index contributed by atoms with van der Waals surface area (Å²) in [7, 11) is 3.96. The van der Waals surface area contributed by atoms with Crippen molar-refractivity contribution in [1.29, 1.82) is 0 Å². The number of amides is 2. The van der Waals surface area contributed by atoms with Crippen molar-refractivity contribution in [3.63, 3.8) is 0 Å². The van der Waals surface area contributed by atoms with Crippen LogP contribution in [-0.2, 0) is 9.59 Å². The summed E-state index contributed by atoms with van der Waals surface area (Å²) >= 11 is 1.29. The van der Waals surface area contributed by atoms with Crippen LogP contribution in [0, 0.1) is 13.8 Å². The molecule has 2 aromatic carbocycles. The van der Waals surface area contributed by atoms with E-state index < -0.39 is 0 Å². The molecule has 0 aliphatic heterocycles. The summed E-state index contributed by atoms with van der Waals surface area (Å²) < 4.78 is 0. The highest BCUT2D eigenvalue weighted by molar-refractivity contribution is 8.00. The Morgan fingerprint density at radius 3 is 2.12 bits per heavy atom. The van der Waals surface area contributed by atoms with Gasteiger partial charge in [0.25, 0.3) is 0 Å². The number of nitrogens with zero attached hydrogens (tertiary/aromatic N) is 1. The minimum Gasteiger partial charge on any atom is -0.378 e. The summed E-state index contributed by atoms with van der Waals surface area (Å²) in [6.45, 7) is 3.96. The molecule has 0 fully saturated rings. The average Bonchev–Trinajstić information content (AvgIpc) is 2.58. The predicted octanol–water partition coefficient (Wildman–Crippen LogP) is 3.68. The van der Waals surface area contributed by atoms with Gasteiger partial charge in [0.2, 0.25) is 11.8 Å². The fraction of sp³-hybridized carbons (Fsp3) is 0.300. The summed E-state index contributed by atoms with van der Waals surface area (Å²) in [5, 5.41) is 5.72. The molecule has 2 aromatic rings. The first-order valence-corrected chi connectivity index (χ1v) is 9.52. The van der Waals surface area contributed by atoms with Gasteiger partial charge in [-0.1, -0.05) is 17.7 Å². The Labute approximate surface area is 159 Å². The van der Waals surface area contributed by atoms with Gasteiger partial charge in [-0.2, -0.15) is 0 Å². The van der Waals surface area contributed by atoms with Gasteiger partial charge in [-0.15, -0.1) is 11.8 Å². The van der Waals surface area contributed by atoms with Crippen LogP contribution in [0.25, 0.3) is 0 Å². The van der Waals surface area contributed by atoms with Gasteiger partial charge in [-0.3, -0.25) is 9.59 Å². The van der Waals surface area contributed by atoms with E-state index >= 15 is 0 Å². The number of thioether (sulfide) groups is 1. The van der Waals surface area contributed by atoms with Gasteiger partial charge in [0.1, 0.15) is 0 Å². The number of benzene rings is 2. The molecular weight excluding hydrogens is 346 g/mol. The Bertz CT molecular complexity index is 773. The van der Waals surface area contributed by atoms with Gasteiger partial charge in [-0.25, -0.2) is 0 Å². The Balaban J connectivity index is 1.76. The second-order valence-electron chi connectivity index (χ2n) is 6.35. The van der Waals surface area contributed by atoms with Crippen molar-refractivity contribution < 1.29 is 9.59 Å². The molecule has 138 valence electrons. The van der Waals surface area contributed by atoms with Crippen molar-refractivity contribution in [3.05, 3.63) is 53.6 Å². The first-order chi connectivity index (χ1) is 12.3. The molecule has 0 saturated heterocycles. The molecule has 0 spiro atoms. The topological polar surface area (TPSA) is 61.4 Å². The highest BCUT2D eigenvalue weighted by atomic mass is 32.2. The van der Waals surface area contributed by atoms with Crippen LogP contribution >= 0.6 is 11.8 Å². The lowest BCUT2D eigenvalue weighted by molar-refractivity contribution is -0.114. The molecule has 0 bridgehead atoms. The van der Waals surface area contributed by atoms with Crippen molar-refractivity contribution in [2.75, 3.05) is 41.1 Å².